The third-order valence-electron chi connectivity index (χ3n) is 1.22. The molecule has 0 aliphatic rings. The number of hydrogen-bond acceptors (Lipinski definition) is 1. The molecule has 3 heteroatoms. The van der Waals surface area contributed by atoms with Gasteiger partial charge in [0.15, 0.2) is 0 Å². The van der Waals surface area contributed by atoms with Crippen LogP contribution in [0.3, 0.4) is 0 Å². The summed E-state index contributed by atoms with van der Waals surface area (Å²) in [5.74, 6) is 0. The lowest BCUT2D eigenvalue weighted by Gasteiger charge is -2.03. The molecule has 0 saturated heterocycles. The quantitative estimate of drug-likeness (QED) is 0.821. The molecule has 0 aromatic heterocycles. The van der Waals surface area contributed by atoms with Gasteiger partial charge in [0.05, 0.1) is 4.47 Å². The average molecular weight is 265 g/mol. The van der Waals surface area contributed by atoms with E-state index in [1.165, 1.54) is 0 Å². The molecule has 0 amide bonds. The fraction of sp³-hybridized carbons (Fsp3) is 0.143. The van der Waals surface area contributed by atoms with Crippen molar-refractivity contribution < 1.29 is 0 Å². The Kier molecular flexibility index (Phi) is 2.74. The predicted molar refractivity (Wildman–Crippen MR) is 51.4 cm³/mol. The molecule has 0 spiro atoms. The zero-order valence-electron chi connectivity index (χ0n) is 5.49. The highest BCUT2D eigenvalue weighted by Gasteiger charge is 1.98. The smallest absolute Gasteiger partial charge is 0.0548 e. The molecule has 1 aromatic rings. The Morgan fingerprint density at radius 2 is 2.00 bits per heavy atom. The third kappa shape index (κ3) is 1.52. The topological polar surface area (TPSA) is 12.0 Å². The molecule has 0 unspecified atom stereocenters. The summed E-state index contributed by atoms with van der Waals surface area (Å²) in [5.41, 5.74) is 1.09. The van der Waals surface area contributed by atoms with Crippen LogP contribution in [0.25, 0.3) is 0 Å². The Bertz CT molecular complexity index is 235. The van der Waals surface area contributed by atoms with Crippen molar-refractivity contribution in [2.45, 2.75) is 0 Å². The molecule has 0 heterocycles. The van der Waals surface area contributed by atoms with Gasteiger partial charge in [-0.05, 0) is 44.0 Å². The van der Waals surface area contributed by atoms with Crippen LogP contribution in [0.2, 0.25) is 0 Å². The fourth-order valence-electron chi connectivity index (χ4n) is 0.697. The molecule has 54 valence electrons. The maximum Gasteiger partial charge on any atom is 0.0548 e. The van der Waals surface area contributed by atoms with Gasteiger partial charge in [0.1, 0.15) is 0 Å². The van der Waals surface area contributed by atoms with Crippen LogP contribution in [0.15, 0.2) is 27.1 Å². The Morgan fingerprint density at radius 3 is 2.50 bits per heavy atom. The summed E-state index contributed by atoms with van der Waals surface area (Å²) in [4.78, 5) is 0. The van der Waals surface area contributed by atoms with E-state index in [0.29, 0.717) is 0 Å². The van der Waals surface area contributed by atoms with Crippen molar-refractivity contribution in [1.82, 2.24) is 0 Å². The number of benzene rings is 1. The summed E-state index contributed by atoms with van der Waals surface area (Å²) >= 11 is 6.83. The second-order valence-electron chi connectivity index (χ2n) is 1.85. The van der Waals surface area contributed by atoms with E-state index in [4.69, 9.17) is 0 Å². The first-order valence-electron chi connectivity index (χ1n) is 2.87. The SMILES string of the molecule is CNc1cccc(Br)c1Br. The molecule has 0 saturated carbocycles. The Hall–Kier alpha value is -0.0200. The van der Waals surface area contributed by atoms with Gasteiger partial charge in [-0.3, -0.25) is 0 Å². The molecule has 1 N–H and O–H groups in total. The van der Waals surface area contributed by atoms with Crippen LogP contribution in [-0.4, -0.2) is 7.05 Å². The van der Waals surface area contributed by atoms with Crippen LogP contribution in [0.5, 0.6) is 0 Å². The van der Waals surface area contributed by atoms with E-state index < -0.39 is 0 Å². The highest BCUT2D eigenvalue weighted by Crippen LogP contribution is 2.29. The van der Waals surface area contributed by atoms with Crippen molar-refractivity contribution in [2.75, 3.05) is 12.4 Å². The van der Waals surface area contributed by atoms with Crippen molar-refractivity contribution >= 4 is 37.5 Å². The average Bonchev–Trinajstić information content (AvgIpc) is 1.95. The number of halogens is 2. The highest BCUT2D eigenvalue weighted by atomic mass is 79.9. The van der Waals surface area contributed by atoms with Gasteiger partial charge in [0.25, 0.3) is 0 Å². The lowest BCUT2D eigenvalue weighted by Crippen LogP contribution is -1.88. The first-order valence-corrected chi connectivity index (χ1v) is 4.46. The summed E-state index contributed by atoms with van der Waals surface area (Å²) in [5, 5.41) is 3.06. The Balaban J connectivity index is 3.14. The van der Waals surface area contributed by atoms with Gasteiger partial charge in [0, 0.05) is 17.2 Å². The second kappa shape index (κ2) is 3.39. The van der Waals surface area contributed by atoms with E-state index in [9.17, 15) is 0 Å². The van der Waals surface area contributed by atoms with Gasteiger partial charge >= 0.3 is 0 Å². The predicted octanol–water partition coefficient (Wildman–Crippen LogP) is 3.25. The molecule has 1 rings (SSSR count). The van der Waals surface area contributed by atoms with Crippen LogP contribution in [0.4, 0.5) is 5.69 Å². The number of hydrogen-bond donors (Lipinski definition) is 1. The third-order valence-corrected chi connectivity index (χ3v) is 3.27. The largest absolute Gasteiger partial charge is 0.387 e. The molecule has 0 atom stereocenters. The monoisotopic (exact) mass is 263 g/mol. The summed E-state index contributed by atoms with van der Waals surface area (Å²) in [6, 6.07) is 5.99. The van der Waals surface area contributed by atoms with Crippen molar-refractivity contribution in [2.24, 2.45) is 0 Å². The van der Waals surface area contributed by atoms with Crippen molar-refractivity contribution in [3.8, 4) is 0 Å². The summed E-state index contributed by atoms with van der Waals surface area (Å²) in [6.45, 7) is 0. The molecular weight excluding hydrogens is 258 g/mol. The van der Waals surface area contributed by atoms with Crippen LogP contribution in [0, 0.1) is 0 Å². The van der Waals surface area contributed by atoms with Crippen LogP contribution in [0.1, 0.15) is 0 Å². The zero-order valence-corrected chi connectivity index (χ0v) is 8.66. The van der Waals surface area contributed by atoms with Gasteiger partial charge < -0.3 is 5.32 Å². The maximum atomic E-state index is 3.43. The van der Waals surface area contributed by atoms with E-state index in [-0.39, 0.29) is 0 Å². The Labute approximate surface area is 77.1 Å². The van der Waals surface area contributed by atoms with Crippen LogP contribution in [-0.2, 0) is 0 Å². The number of rotatable bonds is 1. The summed E-state index contributed by atoms with van der Waals surface area (Å²) in [7, 11) is 1.90. The second-order valence-corrected chi connectivity index (χ2v) is 3.50. The number of nitrogens with one attached hydrogen (secondary N) is 1. The van der Waals surface area contributed by atoms with Crippen molar-refractivity contribution in [1.29, 1.82) is 0 Å². The first kappa shape index (κ1) is 8.08. The van der Waals surface area contributed by atoms with E-state index in [1.807, 2.05) is 25.2 Å². The minimum atomic E-state index is 1.07. The molecule has 0 aliphatic heterocycles. The lowest BCUT2D eigenvalue weighted by molar-refractivity contribution is 1.47. The van der Waals surface area contributed by atoms with Crippen molar-refractivity contribution in [3.05, 3.63) is 27.1 Å². The van der Waals surface area contributed by atoms with Gasteiger partial charge in [0.2, 0.25) is 0 Å². The molecule has 0 aliphatic carbocycles. The summed E-state index contributed by atoms with van der Waals surface area (Å²) in [6.07, 6.45) is 0. The molecular formula is C7H7Br2N. The van der Waals surface area contributed by atoms with E-state index in [0.717, 1.165) is 14.6 Å². The molecule has 0 bridgehead atoms. The minimum absolute atomic E-state index is 1.07. The maximum absolute atomic E-state index is 3.43. The van der Waals surface area contributed by atoms with Crippen molar-refractivity contribution in [3.63, 3.8) is 0 Å². The van der Waals surface area contributed by atoms with Crippen LogP contribution < -0.4 is 5.32 Å². The van der Waals surface area contributed by atoms with E-state index in [1.54, 1.807) is 0 Å². The lowest BCUT2D eigenvalue weighted by atomic mass is 10.3. The normalized spacial score (nSPS) is 9.50. The van der Waals surface area contributed by atoms with Gasteiger partial charge in [-0.15, -0.1) is 0 Å². The molecule has 1 aromatic carbocycles. The van der Waals surface area contributed by atoms with Gasteiger partial charge in [-0.25, -0.2) is 0 Å². The minimum Gasteiger partial charge on any atom is -0.387 e. The van der Waals surface area contributed by atoms with E-state index >= 15 is 0 Å². The molecule has 0 fully saturated rings. The molecule has 10 heavy (non-hydrogen) atoms. The first-order chi connectivity index (χ1) is 4.75. The summed E-state index contributed by atoms with van der Waals surface area (Å²) < 4.78 is 2.14. The number of anilines is 1. The van der Waals surface area contributed by atoms with Gasteiger partial charge in [-0.2, -0.15) is 0 Å². The molecule has 1 nitrogen and oxygen atoms in total. The molecule has 0 radical (unpaired) electrons. The highest BCUT2D eigenvalue weighted by molar-refractivity contribution is 9.13. The standard InChI is InChI=1S/C7H7Br2N/c1-10-6-4-2-3-5(8)7(6)9/h2-4,10H,1H3. The fourth-order valence-corrected chi connectivity index (χ4v) is 1.53. The van der Waals surface area contributed by atoms with Gasteiger partial charge in [-0.1, -0.05) is 6.07 Å². The Morgan fingerprint density at radius 1 is 1.30 bits per heavy atom. The van der Waals surface area contributed by atoms with Crippen LogP contribution >= 0.6 is 31.9 Å². The zero-order chi connectivity index (χ0) is 7.56. The van der Waals surface area contributed by atoms with E-state index in [2.05, 4.69) is 37.2 Å².